The van der Waals surface area contributed by atoms with Crippen LogP contribution in [0.15, 0.2) is 35.0 Å². The minimum Gasteiger partial charge on any atom is -0.356 e. The second kappa shape index (κ2) is 8.21. The smallest absolute Gasteiger partial charge is 0.222 e. The molecule has 1 amide bonds. The second-order valence-corrected chi connectivity index (χ2v) is 7.54. The van der Waals surface area contributed by atoms with Crippen molar-refractivity contribution in [2.45, 2.75) is 44.6 Å². The molecule has 0 saturated carbocycles. The Bertz CT molecular complexity index is 760. The third-order valence-corrected chi connectivity index (χ3v) is 5.83. The van der Waals surface area contributed by atoms with Crippen LogP contribution in [0.3, 0.4) is 0 Å². The summed E-state index contributed by atoms with van der Waals surface area (Å²) in [5.74, 6) is 0.531. The number of piperidine rings is 1. The van der Waals surface area contributed by atoms with Gasteiger partial charge >= 0.3 is 0 Å². The van der Waals surface area contributed by atoms with E-state index in [4.69, 9.17) is 4.52 Å². The number of amides is 1. The molecule has 2 fully saturated rings. The zero-order valence-corrected chi connectivity index (χ0v) is 15.6. The van der Waals surface area contributed by atoms with Gasteiger partial charge in [0.1, 0.15) is 5.82 Å². The van der Waals surface area contributed by atoms with Crippen molar-refractivity contribution in [2.24, 2.45) is 0 Å². The third kappa shape index (κ3) is 4.21. The molecule has 0 N–H and O–H groups in total. The zero-order valence-electron chi connectivity index (χ0n) is 15.6. The van der Waals surface area contributed by atoms with Crippen LogP contribution < -0.4 is 0 Å². The Hall–Kier alpha value is -2.21. The number of hydrogen-bond donors (Lipinski definition) is 0. The minimum atomic E-state index is -0.285. The summed E-state index contributed by atoms with van der Waals surface area (Å²) in [6, 6.07) is 6.79. The predicted octanol–water partition coefficient (Wildman–Crippen LogP) is 3.50. The van der Waals surface area contributed by atoms with E-state index >= 15 is 0 Å². The lowest BCUT2D eigenvalue weighted by Gasteiger charge is -2.36. The van der Waals surface area contributed by atoms with Gasteiger partial charge in [0, 0.05) is 36.7 Å². The molecule has 2 aromatic rings. The van der Waals surface area contributed by atoms with Crippen LogP contribution in [0.25, 0.3) is 11.3 Å². The molecule has 2 aliphatic heterocycles. The molecular weight excluding hydrogens is 345 g/mol. The number of hydrogen-bond acceptors (Lipinski definition) is 4. The normalized spacial score (nSPS) is 18.9. The lowest BCUT2D eigenvalue weighted by atomic mass is 10.0. The van der Waals surface area contributed by atoms with Gasteiger partial charge in [-0.3, -0.25) is 4.79 Å². The number of carbonyl (C=O) groups excluding carboxylic acids is 1. The lowest BCUT2D eigenvalue weighted by Crippen LogP contribution is -2.45. The molecule has 0 spiro atoms. The first-order valence-corrected chi connectivity index (χ1v) is 9.92. The first-order chi connectivity index (χ1) is 13.2. The topological polar surface area (TPSA) is 49.6 Å². The number of halogens is 1. The van der Waals surface area contributed by atoms with Crippen LogP contribution >= 0.6 is 0 Å². The number of benzene rings is 1. The zero-order chi connectivity index (χ0) is 18.6. The summed E-state index contributed by atoms with van der Waals surface area (Å²) < 4.78 is 18.5. The van der Waals surface area contributed by atoms with Gasteiger partial charge < -0.3 is 14.3 Å². The predicted molar refractivity (Wildman–Crippen MR) is 101 cm³/mol. The van der Waals surface area contributed by atoms with Gasteiger partial charge in [-0.25, -0.2) is 4.39 Å². The molecule has 0 radical (unpaired) electrons. The lowest BCUT2D eigenvalue weighted by molar-refractivity contribution is -0.132. The van der Waals surface area contributed by atoms with E-state index in [1.54, 1.807) is 18.3 Å². The number of aryl methyl sites for hydroxylation is 1. The van der Waals surface area contributed by atoms with Crippen molar-refractivity contribution >= 4 is 5.91 Å². The van der Waals surface area contributed by atoms with Gasteiger partial charge in [-0.15, -0.1) is 0 Å². The fourth-order valence-corrected chi connectivity index (χ4v) is 4.26. The Morgan fingerprint density at radius 3 is 2.52 bits per heavy atom. The standard InChI is InChI=1S/C21H26FN3O2/c22-18-6-3-16(4-7-18)21-17(15-23-27-21)5-8-20(26)25-13-9-19(10-14-25)24-11-1-2-12-24/h3-4,6-7,15,19H,1-2,5,8-14H2. The minimum absolute atomic E-state index is 0.195. The highest BCUT2D eigenvalue weighted by Gasteiger charge is 2.28. The fraction of sp³-hybridized carbons (Fsp3) is 0.524. The Kier molecular flexibility index (Phi) is 5.53. The summed E-state index contributed by atoms with van der Waals surface area (Å²) in [5.41, 5.74) is 1.67. The maximum absolute atomic E-state index is 13.1. The van der Waals surface area contributed by atoms with Crippen LogP contribution in [-0.2, 0) is 11.2 Å². The van der Waals surface area contributed by atoms with Gasteiger partial charge in [0.05, 0.1) is 6.20 Å². The van der Waals surface area contributed by atoms with Crippen molar-refractivity contribution in [2.75, 3.05) is 26.2 Å². The second-order valence-electron chi connectivity index (χ2n) is 7.54. The molecule has 2 saturated heterocycles. The molecule has 0 atom stereocenters. The summed E-state index contributed by atoms with van der Waals surface area (Å²) in [5, 5.41) is 3.87. The molecule has 0 aliphatic carbocycles. The summed E-state index contributed by atoms with van der Waals surface area (Å²) in [4.78, 5) is 17.2. The Morgan fingerprint density at radius 2 is 1.81 bits per heavy atom. The molecule has 0 unspecified atom stereocenters. The van der Waals surface area contributed by atoms with Crippen LogP contribution in [0.2, 0.25) is 0 Å². The summed E-state index contributed by atoms with van der Waals surface area (Å²) in [7, 11) is 0. The molecule has 3 heterocycles. The number of nitrogens with zero attached hydrogens (tertiary/aromatic N) is 3. The maximum atomic E-state index is 13.1. The highest BCUT2D eigenvalue weighted by molar-refractivity contribution is 5.77. The van der Waals surface area contributed by atoms with Gasteiger partial charge in [-0.1, -0.05) is 5.16 Å². The quantitative estimate of drug-likeness (QED) is 0.807. The Balaban J connectivity index is 1.30. The van der Waals surface area contributed by atoms with Crippen molar-refractivity contribution in [3.8, 4) is 11.3 Å². The summed E-state index contributed by atoms with van der Waals surface area (Å²) in [6.45, 7) is 4.15. The number of rotatable bonds is 5. The largest absolute Gasteiger partial charge is 0.356 e. The van der Waals surface area contributed by atoms with Gasteiger partial charge in [-0.2, -0.15) is 0 Å². The molecule has 5 nitrogen and oxygen atoms in total. The van der Waals surface area contributed by atoms with Crippen LogP contribution in [0.1, 0.15) is 37.7 Å². The van der Waals surface area contributed by atoms with Crippen LogP contribution in [0.5, 0.6) is 0 Å². The number of aromatic nitrogens is 1. The van der Waals surface area contributed by atoms with Crippen molar-refractivity contribution in [1.29, 1.82) is 0 Å². The molecule has 1 aromatic carbocycles. The molecule has 4 rings (SSSR count). The molecule has 27 heavy (non-hydrogen) atoms. The average molecular weight is 371 g/mol. The van der Waals surface area contributed by atoms with E-state index < -0.39 is 0 Å². The van der Waals surface area contributed by atoms with Crippen LogP contribution in [-0.4, -0.2) is 53.1 Å². The fourth-order valence-electron chi connectivity index (χ4n) is 4.26. The first-order valence-electron chi connectivity index (χ1n) is 9.92. The highest BCUT2D eigenvalue weighted by Crippen LogP contribution is 2.26. The average Bonchev–Trinajstić information content (AvgIpc) is 3.39. The van der Waals surface area contributed by atoms with E-state index in [0.29, 0.717) is 24.6 Å². The van der Waals surface area contributed by atoms with E-state index in [9.17, 15) is 9.18 Å². The van der Waals surface area contributed by atoms with Crippen molar-refractivity contribution in [3.63, 3.8) is 0 Å². The first kappa shape index (κ1) is 18.2. The third-order valence-electron chi connectivity index (χ3n) is 5.83. The molecule has 1 aromatic heterocycles. The van der Waals surface area contributed by atoms with E-state index in [-0.39, 0.29) is 11.7 Å². The van der Waals surface area contributed by atoms with E-state index in [1.165, 1.54) is 38.1 Å². The number of likely N-dealkylation sites (tertiary alicyclic amines) is 2. The molecule has 2 aliphatic rings. The van der Waals surface area contributed by atoms with Gasteiger partial charge in [-0.05, 0) is 69.5 Å². The van der Waals surface area contributed by atoms with E-state index in [0.717, 1.165) is 37.1 Å². The van der Waals surface area contributed by atoms with Crippen molar-refractivity contribution < 1.29 is 13.7 Å². The maximum Gasteiger partial charge on any atom is 0.222 e. The van der Waals surface area contributed by atoms with Crippen molar-refractivity contribution in [1.82, 2.24) is 15.0 Å². The Labute approximate surface area is 159 Å². The van der Waals surface area contributed by atoms with Crippen molar-refractivity contribution in [3.05, 3.63) is 41.8 Å². The van der Waals surface area contributed by atoms with Crippen LogP contribution in [0, 0.1) is 5.82 Å². The van der Waals surface area contributed by atoms with Gasteiger partial charge in [0.2, 0.25) is 5.91 Å². The SMILES string of the molecule is O=C(CCc1cnoc1-c1ccc(F)cc1)N1CCC(N2CCCC2)CC1. The van der Waals surface area contributed by atoms with E-state index in [2.05, 4.69) is 10.1 Å². The molecular formula is C21H26FN3O2. The van der Waals surface area contributed by atoms with Gasteiger partial charge in [0.25, 0.3) is 0 Å². The highest BCUT2D eigenvalue weighted by atomic mass is 19.1. The summed E-state index contributed by atoms with van der Waals surface area (Å²) >= 11 is 0. The van der Waals surface area contributed by atoms with E-state index in [1.807, 2.05) is 4.90 Å². The number of carbonyl (C=O) groups is 1. The monoisotopic (exact) mass is 371 g/mol. The van der Waals surface area contributed by atoms with Crippen LogP contribution in [0.4, 0.5) is 4.39 Å². The van der Waals surface area contributed by atoms with Gasteiger partial charge in [0.15, 0.2) is 5.76 Å². The summed E-state index contributed by atoms with van der Waals surface area (Å²) in [6.07, 6.45) is 7.48. The molecule has 144 valence electrons. The molecule has 0 bridgehead atoms. The Morgan fingerprint density at radius 1 is 1.11 bits per heavy atom. The molecule has 6 heteroatoms.